The van der Waals surface area contributed by atoms with E-state index in [0.717, 1.165) is 44.6 Å². The predicted octanol–water partition coefficient (Wildman–Crippen LogP) is 5.20. The fourth-order valence-electron chi connectivity index (χ4n) is 3.68. The summed E-state index contributed by atoms with van der Waals surface area (Å²) in [4.78, 5) is 13.7. The monoisotopic (exact) mass is 479 g/mol. The average molecular weight is 480 g/mol. The summed E-state index contributed by atoms with van der Waals surface area (Å²) < 4.78 is 34.1. The Balaban J connectivity index is 1.44. The third-order valence-corrected chi connectivity index (χ3v) is 6.03. The van der Waals surface area contributed by atoms with Crippen LogP contribution in [0.4, 0.5) is 20.5 Å². The van der Waals surface area contributed by atoms with Gasteiger partial charge in [-0.2, -0.15) is 13.9 Å². The van der Waals surface area contributed by atoms with Crippen molar-refractivity contribution in [2.24, 2.45) is 0 Å². The first-order valence-corrected chi connectivity index (χ1v) is 11.2. The molecule has 11 heteroatoms. The third-order valence-electron chi connectivity index (χ3n) is 5.22. The molecule has 34 heavy (non-hydrogen) atoms. The minimum atomic E-state index is -2.85. The van der Waals surface area contributed by atoms with E-state index in [1.807, 2.05) is 22.7 Å². The number of hydrogen-bond donors (Lipinski definition) is 2. The zero-order chi connectivity index (χ0) is 23.7. The molecule has 5 aromatic rings. The number of benzene rings is 2. The van der Waals surface area contributed by atoms with E-state index in [9.17, 15) is 8.78 Å². The number of nitrogens with two attached hydrogens (primary N) is 1. The molecule has 5 rings (SSSR count). The smallest absolute Gasteiger partial charge is 0.387 e. The highest BCUT2D eigenvalue weighted by Crippen LogP contribution is 2.31. The number of nitrogens with zero attached hydrogens (tertiary/aromatic N) is 5. The minimum absolute atomic E-state index is 0.106. The maximum Gasteiger partial charge on any atom is 0.387 e. The van der Waals surface area contributed by atoms with Crippen LogP contribution in [0.15, 0.2) is 66.0 Å². The lowest BCUT2D eigenvalue weighted by Crippen LogP contribution is -2.02. The number of fused-ring (bicyclic) bond motifs is 2. The summed E-state index contributed by atoms with van der Waals surface area (Å²) in [6, 6.07) is 14.4. The molecule has 0 spiro atoms. The topological polar surface area (TPSA) is 103 Å². The van der Waals surface area contributed by atoms with Crippen LogP contribution in [-0.4, -0.2) is 31.2 Å². The number of aryl methyl sites for hydroxylation is 1. The number of nitrogens with one attached hydrogen (secondary N) is 1. The quantitative estimate of drug-likeness (QED) is 0.307. The van der Waals surface area contributed by atoms with Gasteiger partial charge in [0, 0.05) is 22.0 Å². The fourth-order valence-corrected chi connectivity index (χ4v) is 4.32. The van der Waals surface area contributed by atoms with Crippen molar-refractivity contribution in [3.63, 3.8) is 0 Å². The summed E-state index contributed by atoms with van der Waals surface area (Å²) in [5, 5.41) is 5.34. The Bertz CT molecular complexity index is 1470. The summed E-state index contributed by atoms with van der Waals surface area (Å²) in [5.74, 6) is 0.974. The SMILES string of the molecule is CCc1cc(-c2ccc3c(NSc4ccc(OC(F)F)cc4)ncnn23)cc2cnc(N)nc12. The number of halogens is 2. The highest BCUT2D eigenvalue weighted by atomic mass is 32.2. The first kappa shape index (κ1) is 21.8. The minimum Gasteiger partial charge on any atom is -0.435 e. The lowest BCUT2D eigenvalue weighted by molar-refractivity contribution is -0.0498. The standard InChI is InChI=1S/C23H19F2N7OS/c1-2-13-9-14(10-15-11-27-23(26)30-20(13)15)18-7-8-19-21(28-12-29-32(18)19)31-34-17-5-3-16(4-6-17)33-22(24)25/h3-12,22H,2H2,1H3,(H2,26,27,30)(H,28,29,31). The molecule has 0 aliphatic heterocycles. The molecule has 0 amide bonds. The molecule has 0 radical (unpaired) electrons. The van der Waals surface area contributed by atoms with Gasteiger partial charge in [0.1, 0.15) is 17.6 Å². The van der Waals surface area contributed by atoms with E-state index in [2.05, 4.69) is 42.5 Å². The number of ether oxygens (including phenoxy) is 1. The molecule has 0 bridgehead atoms. The normalized spacial score (nSPS) is 11.4. The molecule has 2 aromatic carbocycles. The van der Waals surface area contributed by atoms with Crippen molar-refractivity contribution < 1.29 is 13.5 Å². The van der Waals surface area contributed by atoms with E-state index in [4.69, 9.17) is 5.73 Å². The van der Waals surface area contributed by atoms with Crippen LogP contribution in [0.5, 0.6) is 5.75 Å². The molecule has 0 aliphatic rings. The van der Waals surface area contributed by atoms with Crippen molar-refractivity contribution in [3.8, 4) is 17.0 Å². The maximum atomic E-state index is 12.3. The summed E-state index contributed by atoms with van der Waals surface area (Å²) in [6.07, 6.45) is 4.00. The summed E-state index contributed by atoms with van der Waals surface area (Å²) in [7, 11) is 0. The van der Waals surface area contributed by atoms with Gasteiger partial charge in [-0.05, 0) is 72.5 Å². The number of anilines is 2. The van der Waals surface area contributed by atoms with Crippen LogP contribution in [-0.2, 0) is 6.42 Å². The highest BCUT2D eigenvalue weighted by Gasteiger charge is 2.13. The predicted molar refractivity (Wildman–Crippen MR) is 128 cm³/mol. The molecule has 0 aliphatic carbocycles. The molecule has 0 fully saturated rings. The van der Waals surface area contributed by atoms with Gasteiger partial charge in [-0.1, -0.05) is 6.92 Å². The van der Waals surface area contributed by atoms with Crippen molar-refractivity contribution in [1.82, 2.24) is 24.6 Å². The first-order chi connectivity index (χ1) is 16.5. The Morgan fingerprint density at radius 3 is 2.71 bits per heavy atom. The second-order valence-corrected chi connectivity index (χ2v) is 8.21. The van der Waals surface area contributed by atoms with Crippen LogP contribution in [0, 0.1) is 0 Å². The zero-order valence-electron chi connectivity index (χ0n) is 17.9. The van der Waals surface area contributed by atoms with Gasteiger partial charge >= 0.3 is 6.61 Å². The average Bonchev–Trinajstić information content (AvgIpc) is 3.27. The molecule has 0 saturated heterocycles. The van der Waals surface area contributed by atoms with Crippen LogP contribution in [0.3, 0.4) is 0 Å². The van der Waals surface area contributed by atoms with E-state index < -0.39 is 6.61 Å². The molecule has 0 unspecified atom stereocenters. The molecule has 3 aromatic heterocycles. The molecule has 3 heterocycles. The van der Waals surface area contributed by atoms with Crippen molar-refractivity contribution in [2.45, 2.75) is 24.9 Å². The van der Waals surface area contributed by atoms with Crippen LogP contribution in [0.2, 0.25) is 0 Å². The van der Waals surface area contributed by atoms with Gasteiger partial charge in [0.15, 0.2) is 5.82 Å². The Labute approximate surface area is 197 Å². The van der Waals surface area contributed by atoms with E-state index in [-0.39, 0.29) is 11.7 Å². The zero-order valence-corrected chi connectivity index (χ0v) is 18.8. The number of aromatic nitrogens is 5. The summed E-state index contributed by atoms with van der Waals surface area (Å²) in [6.45, 7) is -0.781. The lowest BCUT2D eigenvalue weighted by atomic mass is 10.0. The summed E-state index contributed by atoms with van der Waals surface area (Å²) in [5.41, 5.74) is 10.4. The van der Waals surface area contributed by atoms with Crippen molar-refractivity contribution in [1.29, 1.82) is 0 Å². The number of hydrogen-bond acceptors (Lipinski definition) is 8. The Morgan fingerprint density at radius 1 is 1.12 bits per heavy atom. The van der Waals surface area contributed by atoms with Gasteiger partial charge in [0.2, 0.25) is 5.95 Å². The number of nitrogen functional groups attached to an aromatic ring is 1. The van der Waals surface area contributed by atoms with Gasteiger partial charge in [-0.15, -0.1) is 0 Å². The Morgan fingerprint density at radius 2 is 1.94 bits per heavy atom. The van der Waals surface area contributed by atoms with Gasteiger partial charge in [0.25, 0.3) is 0 Å². The van der Waals surface area contributed by atoms with Crippen LogP contribution < -0.4 is 15.2 Å². The molecule has 0 saturated carbocycles. The summed E-state index contributed by atoms with van der Waals surface area (Å²) >= 11 is 1.31. The molecular formula is C23H19F2N7OS. The second-order valence-electron chi connectivity index (χ2n) is 7.33. The van der Waals surface area contributed by atoms with Crippen molar-refractivity contribution in [3.05, 3.63) is 66.6 Å². The van der Waals surface area contributed by atoms with Crippen LogP contribution in [0.1, 0.15) is 12.5 Å². The second kappa shape index (κ2) is 9.10. The van der Waals surface area contributed by atoms with E-state index in [0.29, 0.717) is 5.82 Å². The Kier molecular flexibility index (Phi) is 5.84. The highest BCUT2D eigenvalue weighted by molar-refractivity contribution is 8.00. The van der Waals surface area contributed by atoms with Crippen LogP contribution in [0.25, 0.3) is 27.7 Å². The van der Waals surface area contributed by atoms with Gasteiger partial charge in [-0.3, -0.25) is 0 Å². The molecule has 172 valence electrons. The fraction of sp³-hybridized carbons (Fsp3) is 0.130. The molecule has 0 atom stereocenters. The van der Waals surface area contributed by atoms with E-state index in [1.165, 1.54) is 30.4 Å². The van der Waals surface area contributed by atoms with Gasteiger partial charge < -0.3 is 15.2 Å². The van der Waals surface area contributed by atoms with Gasteiger partial charge in [0.05, 0.1) is 11.2 Å². The maximum absolute atomic E-state index is 12.3. The molecule has 3 N–H and O–H groups in total. The van der Waals surface area contributed by atoms with E-state index in [1.54, 1.807) is 18.3 Å². The number of rotatable bonds is 7. The number of alkyl halides is 2. The largest absolute Gasteiger partial charge is 0.435 e. The third kappa shape index (κ3) is 4.29. The molecule has 8 nitrogen and oxygen atoms in total. The van der Waals surface area contributed by atoms with E-state index >= 15 is 0 Å². The van der Waals surface area contributed by atoms with Gasteiger partial charge in [-0.25, -0.2) is 19.5 Å². The first-order valence-electron chi connectivity index (χ1n) is 10.4. The van der Waals surface area contributed by atoms with Crippen molar-refractivity contribution >= 4 is 40.1 Å². The molecular weight excluding hydrogens is 460 g/mol. The Hall–Kier alpha value is -3.99. The van der Waals surface area contributed by atoms with Crippen LogP contribution >= 0.6 is 11.9 Å². The van der Waals surface area contributed by atoms with Crippen molar-refractivity contribution in [2.75, 3.05) is 10.5 Å². The lowest BCUT2D eigenvalue weighted by Gasteiger charge is -2.10.